The highest BCUT2D eigenvalue weighted by Crippen LogP contribution is 2.21. The van der Waals surface area contributed by atoms with Crippen molar-refractivity contribution in [3.63, 3.8) is 0 Å². The van der Waals surface area contributed by atoms with Gasteiger partial charge in [-0.3, -0.25) is 0 Å². The van der Waals surface area contributed by atoms with E-state index in [2.05, 4.69) is 82.2 Å². The van der Waals surface area contributed by atoms with Crippen LogP contribution in [-0.4, -0.2) is 15.0 Å². The fourth-order valence-electron chi connectivity index (χ4n) is 2.30. The first-order chi connectivity index (χ1) is 10.7. The second-order valence-electron chi connectivity index (χ2n) is 7.78. The molecule has 0 bridgehead atoms. The van der Waals surface area contributed by atoms with Crippen LogP contribution in [0.5, 0.6) is 0 Å². The summed E-state index contributed by atoms with van der Waals surface area (Å²) >= 11 is 0. The van der Waals surface area contributed by atoms with E-state index >= 15 is 0 Å². The molecule has 0 saturated heterocycles. The second-order valence-corrected chi connectivity index (χ2v) is 7.78. The van der Waals surface area contributed by atoms with Crippen molar-refractivity contribution >= 4 is 11.0 Å². The summed E-state index contributed by atoms with van der Waals surface area (Å²) in [6.07, 6.45) is 0. The predicted octanol–water partition coefficient (Wildman–Crippen LogP) is 5.17. The molecule has 0 aliphatic heterocycles. The van der Waals surface area contributed by atoms with Crippen LogP contribution in [0.4, 0.5) is 0 Å². The fourth-order valence-corrected chi connectivity index (χ4v) is 2.30. The first kappa shape index (κ1) is 17.2. The summed E-state index contributed by atoms with van der Waals surface area (Å²) in [6, 6.07) is 18.6. The van der Waals surface area contributed by atoms with Crippen molar-refractivity contribution in [1.82, 2.24) is 15.0 Å². The Morgan fingerprint density at radius 3 is 1.83 bits per heavy atom. The molecule has 0 radical (unpaired) electrons. The van der Waals surface area contributed by atoms with Gasteiger partial charge >= 0.3 is 0 Å². The molecule has 3 heteroatoms. The van der Waals surface area contributed by atoms with Gasteiger partial charge in [-0.25, -0.2) is 4.68 Å². The van der Waals surface area contributed by atoms with E-state index in [4.69, 9.17) is 0 Å². The minimum absolute atomic E-state index is 0.00387. The molecule has 0 spiro atoms. The van der Waals surface area contributed by atoms with Gasteiger partial charge in [-0.05, 0) is 43.9 Å². The molecule has 0 aliphatic rings. The average molecular weight is 309 g/mol. The maximum Gasteiger partial charge on any atom is 0.113 e. The first-order valence-electron chi connectivity index (χ1n) is 8.06. The number of nitrogens with zero attached hydrogens (tertiary/aromatic N) is 3. The molecule has 0 amide bonds. The molecule has 3 nitrogen and oxygen atoms in total. The zero-order valence-corrected chi connectivity index (χ0v) is 15.0. The van der Waals surface area contributed by atoms with Crippen LogP contribution in [0.15, 0.2) is 54.6 Å². The number of rotatable bonds is 0. The summed E-state index contributed by atoms with van der Waals surface area (Å²) in [4.78, 5) is 0. The van der Waals surface area contributed by atoms with Crippen molar-refractivity contribution < 1.29 is 0 Å². The van der Waals surface area contributed by atoms with Gasteiger partial charge in [0.15, 0.2) is 0 Å². The number of benzene rings is 2. The summed E-state index contributed by atoms with van der Waals surface area (Å²) < 4.78 is 1.95. The van der Waals surface area contributed by atoms with Crippen LogP contribution < -0.4 is 0 Å². The summed E-state index contributed by atoms with van der Waals surface area (Å²) in [5.74, 6) is 0. The molecule has 0 atom stereocenters. The van der Waals surface area contributed by atoms with E-state index in [0.29, 0.717) is 5.41 Å². The van der Waals surface area contributed by atoms with Gasteiger partial charge in [-0.1, -0.05) is 68.4 Å². The standard InChI is InChI=1S/C10H13N3.C10H14/c1-10(2,3)13-9-7-5-4-6-8(9)11-12-13;1-10(2,3)9-7-5-4-6-8-9/h4-7H,1-3H3;4-8H,1-3H3. The number of fused-ring (bicyclic) bond motifs is 1. The number of hydrogen-bond donors (Lipinski definition) is 0. The second kappa shape index (κ2) is 6.53. The monoisotopic (exact) mass is 309 g/mol. The number of aromatic nitrogens is 3. The van der Waals surface area contributed by atoms with Gasteiger partial charge < -0.3 is 0 Å². The van der Waals surface area contributed by atoms with E-state index in [1.807, 2.05) is 28.9 Å². The molecule has 1 aromatic heterocycles. The minimum Gasteiger partial charge on any atom is -0.239 e. The third kappa shape index (κ3) is 4.41. The highest BCUT2D eigenvalue weighted by Gasteiger charge is 2.16. The molecule has 3 aromatic rings. The molecule has 1 heterocycles. The van der Waals surface area contributed by atoms with Crippen molar-refractivity contribution in [1.29, 1.82) is 0 Å². The molecular weight excluding hydrogens is 282 g/mol. The lowest BCUT2D eigenvalue weighted by molar-refractivity contribution is 0.358. The van der Waals surface area contributed by atoms with Gasteiger partial charge in [-0.15, -0.1) is 5.10 Å². The molecule has 23 heavy (non-hydrogen) atoms. The Balaban J connectivity index is 0.000000174. The molecule has 0 fully saturated rings. The SMILES string of the molecule is CC(C)(C)c1ccccc1.CC(C)(C)n1nnc2ccccc21. The number of hydrogen-bond acceptors (Lipinski definition) is 2. The van der Waals surface area contributed by atoms with Gasteiger partial charge in [0.1, 0.15) is 5.52 Å². The summed E-state index contributed by atoms with van der Waals surface area (Å²) in [5.41, 5.74) is 3.74. The van der Waals surface area contributed by atoms with Crippen LogP contribution in [0.2, 0.25) is 0 Å². The Kier molecular flexibility index (Phi) is 4.88. The smallest absolute Gasteiger partial charge is 0.113 e. The van der Waals surface area contributed by atoms with E-state index in [-0.39, 0.29) is 5.54 Å². The summed E-state index contributed by atoms with van der Waals surface area (Å²) in [5, 5.41) is 8.23. The molecule has 0 aliphatic carbocycles. The zero-order chi connectivity index (χ0) is 17.1. The highest BCUT2D eigenvalue weighted by atomic mass is 15.4. The van der Waals surface area contributed by atoms with Crippen LogP contribution >= 0.6 is 0 Å². The molecule has 2 aromatic carbocycles. The van der Waals surface area contributed by atoms with E-state index in [0.717, 1.165) is 11.0 Å². The van der Waals surface area contributed by atoms with Crippen molar-refractivity contribution in [2.45, 2.75) is 52.5 Å². The van der Waals surface area contributed by atoms with Crippen molar-refractivity contribution in [2.24, 2.45) is 0 Å². The van der Waals surface area contributed by atoms with Crippen molar-refractivity contribution in [2.75, 3.05) is 0 Å². The zero-order valence-electron chi connectivity index (χ0n) is 15.0. The van der Waals surface area contributed by atoms with Gasteiger partial charge in [0, 0.05) is 0 Å². The Bertz CT molecular complexity index is 744. The van der Waals surface area contributed by atoms with Crippen LogP contribution in [0.3, 0.4) is 0 Å². The highest BCUT2D eigenvalue weighted by molar-refractivity contribution is 5.74. The summed E-state index contributed by atoms with van der Waals surface area (Å²) in [7, 11) is 0. The Labute approximate surface area is 139 Å². The Morgan fingerprint density at radius 2 is 1.30 bits per heavy atom. The van der Waals surface area contributed by atoms with Crippen molar-refractivity contribution in [3.05, 3.63) is 60.2 Å². The quantitative estimate of drug-likeness (QED) is 0.573. The van der Waals surface area contributed by atoms with Gasteiger partial charge in [0.2, 0.25) is 0 Å². The maximum absolute atomic E-state index is 4.13. The molecule has 0 N–H and O–H groups in total. The number of para-hydroxylation sites is 1. The van der Waals surface area contributed by atoms with E-state index in [9.17, 15) is 0 Å². The fraction of sp³-hybridized carbons (Fsp3) is 0.400. The predicted molar refractivity (Wildman–Crippen MR) is 97.7 cm³/mol. The topological polar surface area (TPSA) is 30.7 Å². The Morgan fingerprint density at radius 1 is 0.739 bits per heavy atom. The lowest BCUT2D eigenvalue weighted by Crippen LogP contribution is -2.22. The summed E-state index contributed by atoms with van der Waals surface area (Å²) in [6.45, 7) is 13.0. The minimum atomic E-state index is -0.00387. The average Bonchev–Trinajstić information content (AvgIpc) is 2.92. The van der Waals surface area contributed by atoms with E-state index in [1.165, 1.54) is 5.56 Å². The molecular formula is C20H27N3. The first-order valence-corrected chi connectivity index (χ1v) is 8.06. The third-order valence-corrected chi connectivity index (χ3v) is 3.63. The lowest BCUT2D eigenvalue weighted by atomic mass is 9.87. The van der Waals surface area contributed by atoms with Gasteiger partial charge in [0.05, 0.1) is 11.1 Å². The van der Waals surface area contributed by atoms with Crippen LogP contribution in [-0.2, 0) is 11.0 Å². The van der Waals surface area contributed by atoms with Gasteiger partial charge in [0.25, 0.3) is 0 Å². The van der Waals surface area contributed by atoms with Crippen LogP contribution in [0.25, 0.3) is 11.0 Å². The third-order valence-electron chi connectivity index (χ3n) is 3.63. The molecule has 0 unspecified atom stereocenters. The largest absolute Gasteiger partial charge is 0.239 e. The lowest BCUT2D eigenvalue weighted by Gasteiger charge is -2.18. The molecule has 0 saturated carbocycles. The van der Waals surface area contributed by atoms with Crippen LogP contribution in [0, 0.1) is 0 Å². The Hall–Kier alpha value is -2.16. The maximum atomic E-state index is 4.13. The van der Waals surface area contributed by atoms with E-state index < -0.39 is 0 Å². The van der Waals surface area contributed by atoms with Crippen LogP contribution in [0.1, 0.15) is 47.1 Å². The van der Waals surface area contributed by atoms with Crippen molar-refractivity contribution in [3.8, 4) is 0 Å². The van der Waals surface area contributed by atoms with E-state index in [1.54, 1.807) is 0 Å². The molecule has 3 rings (SSSR count). The van der Waals surface area contributed by atoms with Gasteiger partial charge in [-0.2, -0.15) is 0 Å². The molecule has 122 valence electrons. The normalized spacial score (nSPS) is 11.9.